The largest absolute Gasteiger partial charge is 0.441 e. The summed E-state index contributed by atoms with van der Waals surface area (Å²) in [4.78, 5) is 15.3. The van der Waals surface area contributed by atoms with E-state index in [2.05, 4.69) is 4.98 Å². The first-order chi connectivity index (χ1) is 6.18. The normalized spacial score (nSPS) is 10.6. The quantitative estimate of drug-likeness (QED) is 0.625. The van der Waals surface area contributed by atoms with E-state index in [0.717, 1.165) is 0 Å². The second-order valence-corrected chi connectivity index (χ2v) is 2.94. The Morgan fingerprint density at radius 1 is 1.46 bits per heavy atom. The lowest BCUT2D eigenvalue weighted by atomic mass is 10.1. The predicted octanol–water partition coefficient (Wildman–Crippen LogP) is 2.34. The minimum atomic E-state index is 0.0129. The summed E-state index contributed by atoms with van der Waals surface area (Å²) in [5.74, 6) is 0.600. The van der Waals surface area contributed by atoms with Crippen LogP contribution < -0.4 is 0 Å². The van der Waals surface area contributed by atoms with Crippen molar-refractivity contribution in [3.05, 3.63) is 29.7 Å². The minimum Gasteiger partial charge on any atom is -0.441 e. The van der Waals surface area contributed by atoms with Crippen LogP contribution in [0.5, 0.6) is 0 Å². The topological polar surface area (TPSA) is 43.1 Å². The van der Waals surface area contributed by atoms with Crippen molar-refractivity contribution < 1.29 is 9.21 Å². The third-order valence-electron chi connectivity index (χ3n) is 1.91. The van der Waals surface area contributed by atoms with E-state index in [9.17, 15) is 4.79 Å². The zero-order valence-corrected chi connectivity index (χ0v) is 7.50. The Kier molecular flexibility index (Phi) is 1.65. The monoisotopic (exact) mass is 175 g/mol. The molecule has 0 aliphatic rings. The lowest BCUT2D eigenvalue weighted by molar-refractivity contribution is 0.101. The number of aromatic nitrogens is 1. The van der Waals surface area contributed by atoms with Gasteiger partial charge < -0.3 is 4.42 Å². The zero-order chi connectivity index (χ0) is 9.42. The number of carbonyl (C=O) groups is 1. The van der Waals surface area contributed by atoms with Gasteiger partial charge in [0, 0.05) is 12.5 Å². The molecule has 0 saturated heterocycles. The van der Waals surface area contributed by atoms with Crippen molar-refractivity contribution in [3.63, 3.8) is 0 Å². The Morgan fingerprint density at radius 2 is 2.23 bits per heavy atom. The molecule has 0 amide bonds. The number of rotatable bonds is 1. The van der Waals surface area contributed by atoms with Gasteiger partial charge in [0.05, 0.1) is 0 Å². The highest BCUT2D eigenvalue weighted by Gasteiger charge is 2.09. The summed E-state index contributed by atoms with van der Waals surface area (Å²) in [6.07, 6.45) is 0. The number of fused-ring (bicyclic) bond motifs is 1. The van der Waals surface area contributed by atoms with Gasteiger partial charge in [-0.2, -0.15) is 0 Å². The van der Waals surface area contributed by atoms with Crippen molar-refractivity contribution in [1.29, 1.82) is 0 Å². The van der Waals surface area contributed by atoms with Gasteiger partial charge in [-0.05, 0) is 19.1 Å². The molecular weight excluding hydrogens is 166 g/mol. The van der Waals surface area contributed by atoms with Crippen LogP contribution in [0.25, 0.3) is 11.1 Å². The van der Waals surface area contributed by atoms with Gasteiger partial charge in [0.1, 0.15) is 5.52 Å². The number of hydrogen-bond donors (Lipinski definition) is 0. The minimum absolute atomic E-state index is 0.0129. The second kappa shape index (κ2) is 2.69. The van der Waals surface area contributed by atoms with Gasteiger partial charge >= 0.3 is 0 Å². The molecule has 0 bridgehead atoms. The number of aryl methyl sites for hydroxylation is 1. The molecule has 1 aromatic heterocycles. The number of para-hydroxylation sites is 1. The highest BCUT2D eigenvalue weighted by molar-refractivity contribution is 6.04. The van der Waals surface area contributed by atoms with Crippen molar-refractivity contribution in [2.24, 2.45) is 0 Å². The molecule has 0 aliphatic carbocycles. The molecule has 0 unspecified atom stereocenters. The molecule has 0 fully saturated rings. The molecule has 13 heavy (non-hydrogen) atoms. The molecule has 2 rings (SSSR count). The number of benzene rings is 1. The van der Waals surface area contributed by atoms with Gasteiger partial charge in [-0.1, -0.05) is 6.07 Å². The Morgan fingerprint density at radius 3 is 2.92 bits per heavy atom. The standard InChI is InChI=1S/C10H9NO2/c1-6(12)8-4-3-5-9-10(8)11-7(2)13-9/h3-5H,1-2H3. The van der Waals surface area contributed by atoms with E-state index in [0.29, 0.717) is 22.6 Å². The smallest absolute Gasteiger partial charge is 0.192 e. The van der Waals surface area contributed by atoms with Crippen molar-refractivity contribution in [3.8, 4) is 0 Å². The SMILES string of the molecule is CC(=O)c1cccc2oc(C)nc12. The third-order valence-corrected chi connectivity index (χ3v) is 1.91. The van der Waals surface area contributed by atoms with E-state index < -0.39 is 0 Å². The number of carbonyl (C=O) groups excluding carboxylic acids is 1. The van der Waals surface area contributed by atoms with Crippen molar-refractivity contribution in [2.45, 2.75) is 13.8 Å². The van der Waals surface area contributed by atoms with Crippen LogP contribution in [0.1, 0.15) is 23.2 Å². The van der Waals surface area contributed by atoms with E-state index in [4.69, 9.17) is 4.42 Å². The maximum Gasteiger partial charge on any atom is 0.192 e. The van der Waals surface area contributed by atoms with Gasteiger partial charge in [0.2, 0.25) is 0 Å². The summed E-state index contributed by atoms with van der Waals surface area (Å²) in [5.41, 5.74) is 1.95. The molecular formula is C10H9NO2. The van der Waals surface area contributed by atoms with Gasteiger partial charge in [-0.15, -0.1) is 0 Å². The zero-order valence-electron chi connectivity index (χ0n) is 7.50. The molecule has 66 valence electrons. The average molecular weight is 175 g/mol. The van der Waals surface area contributed by atoms with E-state index in [1.165, 1.54) is 6.92 Å². The van der Waals surface area contributed by atoms with E-state index in [1.807, 2.05) is 6.07 Å². The fraction of sp³-hybridized carbons (Fsp3) is 0.200. The van der Waals surface area contributed by atoms with Crippen LogP contribution in [0.15, 0.2) is 22.6 Å². The first-order valence-electron chi connectivity index (χ1n) is 4.05. The first kappa shape index (κ1) is 7.98. The van der Waals surface area contributed by atoms with Crippen LogP contribution in [0, 0.1) is 6.92 Å². The Labute approximate surface area is 75.4 Å². The van der Waals surface area contributed by atoms with Gasteiger partial charge in [0.25, 0.3) is 0 Å². The Balaban J connectivity index is 2.82. The molecule has 2 aromatic rings. The fourth-order valence-electron chi connectivity index (χ4n) is 1.34. The Bertz CT molecular complexity index is 471. The molecule has 0 radical (unpaired) electrons. The summed E-state index contributed by atoms with van der Waals surface area (Å²) in [6, 6.07) is 5.36. The third kappa shape index (κ3) is 1.22. The molecule has 0 saturated carbocycles. The number of nitrogens with zero attached hydrogens (tertiary/aromatic N) is 1. The molecule has 1 heterocycles. The predicted molar refractivity (Wildman–Crippen MR) is 48.8 cm³/mol. The Hall–Kier alpha value is -1.64. The molecule has 3 heteroatoms. The van der Waals surface area contributed by atoms with Crippen LogP contribution >= 0.6 is 0 Å². The number of ketones is 1. The molecule has 0 N–H and O–H groups in total. The first-order valence-corrected chi connectivity index (χ1v) is 4.05. The van der Waals surface area contributed by atoms with Crippen LogP contribution in [0.3, 0.4) is 0 Å². The molecule has 0 spiro atoms. The second-order valence-electron chi connectivity index (χ2n) is 2.94. The van der Waals surface area contributed by atoms with Crippen molar-refractivity contribution in [2.75, 3.05) is 0 Å². The maximum absolute atomic E-state index is 11.2. The molecule has 0 aliphatic heterocycles. The highest BCUT2D eigenvalue weighted by Crippen LogP contribution is 2.19. The van der Waals surface area contributed by atoms with E-state index in [1.54, 1.807) is 19.1 Å². The van der Waals surface area contributed by atoms with Crippen LogP contribution in [0.2, 0.25) is 0 Å². The number of oxazole rings is 1. The number of hydrogen-bond acceptors (Lipinski definition) is 3. The maximum atomic E-state index is 11.2. The molecule has 0 atom stereocenters. The van der Waals surface area contributed by atoms with Crippen LogP contribution in [-0.2, 0) is 0 Å². The molecule has 1 aromatic carbocycles. The summed E-state index contributed by atoms with van der Waals surface area (Å²) in [6.45, 7) is 3.29. The summed E-state index contributed by atoms with van der Waals surface area (Å²) in [7, 11) is 0. The van der Waals surface area contributed by atoms with Crippen molar-refractivity contribution >= 4 is 16.9 Å². The average Bonchev–Trinajstić information content (AvgIpc) is 2.43. The van der Waals surface area contributed by atoms with Crippen molar-refractivity contribution in [1.82, 2.24) is 4.98 Å². The lowest BCUT2D eigenvalue weighted by Gasteiger charge is -1.93. The summed E-state index contributed by atoms with van der Waals surface area (Å²) in [5, 5.41) is 0. The van der Waals surface area contributed by atoms with Gasteiger partial charge in [-0.3, -0.25) is 4.79 Å². The number of Topliss-reactive ketones (excluding diaryl/α,β-unsaturated/α-hetero) is 1. The highest BCUT2D eigenvalue weighted by atomic mass is 16.3. The van der Waals surface area contributed by atoms with Gasteiger partial charge in [-0.25, -0.2) is 4.98 Å². The van der Waals surface area contributed by atoms with Gasteiger partial charge in [0.15, 0.2) is 17.3 Å². The van der Waals surface area contributed by atoms with Crippen LogP contribution in [-0.4, -0.2) is 10.8 Å². The summed E-state index contributed by atoms with van der Waals surface area (Å²) < 4.78 is 5.30. The molecule has 3 nitrogen and oxygen atoms in total. The summed E-state index contributed by atoms with van der Waals surface area (Å²) >= 11 is 0. The fourth-order valence-corrected chi connectivity index (χ4v) is 1.34. The van der Waals surface area contributed by atoms with E-state index in [-0.39, 0.29) is 5.78 Å². The lowest BCUT2D eigenvalue weighted by Crippen LogP contribution is -1.92. The van der Waals surface area contributed by atoms with Crippen LogP contribution in [0.4, 0.5) is 0 Å². The van der Waals surface area contributed by atoms with E-state index >= 15 is 0 Å².